The fraction of sp³-hybridized carbons (Fsp3) is 0.333. The van der Waals surface area contributed by atoms with Crippen molar-refractivity contribution in [3.63, 3.8) is 0 Å². The molecule has 9 heteroatoms. The highest BCUT2D eigenvalue weighted by atomic mass is 16.3. The number of H-pyrrole nitrogens is 1. The van der Waals surface area contributed by atoms with Crippen LogP contribution in [0.3, 0.4) is 0 Å². The van der Waals surface area contributed by atoms with Gasteiger partial charge >= 0.3 is 11.6 Å². The van der Waals surface area contributed by atoms with E-state index in [0.29, 0.717) is 25.2 Å². The number of benzene rings is 1. The Balaban J connectivity index is 1.77. The van der Waals surface area contributed by atoms with E-state index >= 15 is 0 Å². The Hall–Kier alpha value is -3.56. The van der Waals surface area contributed by atoms with Gasteiger partial charge in [-0.1, -0.05) is 30.3 Å². The van der Waals surface area contributed by atoms with E-state index in [0.717, 1.165) is 33.8 Å². The number of fused-ring (bicyclic) bond motifs is 1. The summed E-state index contributed by atoms with van der Waals surface area (Å²) in [6, 6.07) is 13.9. The molecule has 33 heavy (non-hydrogen) atoms. The first kappa shape index (κ1) is 21.3. The molecule has 9 nitrogen and oxygen atoms in total. The molecule has 0 saturated carbocycles. The number of pyridine rings is 1. The van der Waals surface area contributed by atoms with Gasteiger partial charge in [-0.15, -0.1) is 9.50 Å². The summed E-state index contributed by atoms with van der Waals surface area (Å²) in [5, 5.41) is 14.8. The first-order chi connectivity index (χ1) is 15.8. The van der Waals surface area contributed by atoms with Crippen molar-refractivity contribution >= 4 is 11.6 Å². The maximum absolute atomic E-state index is 13.4. The highest BCUT2D eigenvalue weighted by Gasteiger charge is 2.31. The summed E-state index contributed by atoms with van der Waals surface area (Å²) < 4.78 is 2.89. The number of hydrogen-bond acceptors (Lipinski definition) is 6. The molecular formula is C24H28N7O2+. The van der Waals surface area contributed by atoms with Gasteiger partial charge in [0.1, 0.15) is 5.69 Å². The number of β-amino-alcohol motifs (C(OH)–C–C–N with tert-alkyl or cyclic N) is 1. The average molecular weight is 447 g/mol. The first-order valence-electron chi connectivity index (χ1n) is 11.1. The van der Waals surface area contributed by atoms with Crippen LogP contribution in [0.5, 0.6) is 0 Å². The summed E-state index contributed by atoms with van der Waals surface area (Å²) >= 11 is 0. The third-order valence-corrected chi connectivity index (χ3v) is 6.29. The molecule has 0 aliphatic carbocycles. The monoisotopic (exact) mass is 446 g/mol. The molecule has 1 aliphatic rings. The van der Waals surface area contributed by atoms with Crippen LogP contribution in [0.15, 0.2) is 47.3 Å². The van der Waals surface area contributed by atoms with Crippen molar-refractivity contribution in [2.75, 3.05) is 19.3 Å². The lowest BCUT2D eigenvalue weighted by Gasteiger charge is -2.17. The predicted molar refractivity (Wildman–Crippen MR) is 126 cm³/mol. The van der Waals surface area contributed by atoms with Crippen LogP contribution in [-0.2, 0) is 6.54 Å². The fourth-order valence-electron chi connectivity index (χ4n) is 4.80. The zero-order chi connectivity index (χ0) is 23.3. The summed E-state index contributed by atoms with van der Waals surface area (Å²) in [4.78, 5) is 23.2. The van der Waals surface area contributed by atoms with E-state index in [4.69, 9.17) is 10.8 Å². The molecule has 0 bridgehead atoms. The zero-order valence-corrected chi connectivity index (χ0v) is 19.0. The number of rotatable bonds is 4. The Morgan fingerprint density at radius 1 is 1.15 bits per heavy atom. The van der Waals surface area contributed by atoms with Gasteiger partial charge in [0, 0.05) is 29.5 Å². The Morgan fingerprint density at radius 3 is 2.48 bits per heavy atom. The van der Waals surface area contributed by atoms with Gasteiger partial charge in [0.05, 0.1) is 18.2 Å². The largest absolute Gasteiger partial charge is 0.411 e. The molecule has 1 saturated heterocycles. The number of likely N-dealkylation sites (N-methyl/N-ethyl adjacent to an activating group) is 1. The summed E-state index contributed by atoms with van der Waals surface area (Å²) in [6.45, 7) is 4.86. The quantitative estimate of drug-likeness (QED) is 0.488. The van der Waals surface area contributed by atoms with Crippen molar-refractivity contribution in [3.05, 3.63) is 64.3 Å². The van der Waals surface area contributed by atoms with Gasteiger partial charge in [-0.3, -0.25) is 15.6 Å². The number of hydrogen-bond donors (Lipinski definition) is 2. The molecule has 5 rings (SSSR count). The number of aliphatic hydroxyl groups is 1. The average Bonchev–Trinajstić information content (AvgIpc) is 3.26. The summed E-state index contributed by atoms with van der Waals surface area (Å²) in [6.07, 6.45) is 0.206. The molecule has 0 amide bonds. The van der Waals surface area contributed by atoms with E-state index in [2.05, 4.69) is 14.9 Å². The topological polar surface area (TPSA) is 116 Å². The maximum Gasteiger partial charge on any atom is 0.411 e. The number of likely N-dealkylation sites (tertiary alicyclic amines) is 1. The number of nitrogens with one attached hydrogen (secondary N) is 1. The number of aromatic amines is 1. The molecule has 4 aromatic rings. The van der Waals surface area contributed by atoms with Crippen LogP contribution in [0, 0.1) is 13.8 Å². The van der Waals surface area contributed by atoms with Crippen molar-refractivity contribution in [2.24, 2.45) is 0 Å². The molecular weight excluding hydrogens is 418 g/mol. The summed E-state index contributed by atoms with van der Waals surface area (Å²) in [5.41, 5.74) is 11.7. The van der Waals surface area contributed by atoms with Crippen LogP contribution in [0.2, 0.25) is 0 Å². The van der Waals surface area contributed by atoms with Crippen LogP contribution in [-0.4, -0.2) is 54.9 Å². The Bertz CT molecular complexity index is 1370. The zero-order valence-electron chi connectivity index (χ0n) is 19.0. The molecule has 0 unspecified atom stereocenters. The maximum atomic E-state index is 13.4. The number of aromatic nitrogens is 5. The second-order valence-corrected chi connectivity index (χ2v) is 8.87. The van der Waals surface area contributed by atoms with Crippen LogP contribution in [0.1, 0.15) is 17.8 Å². The van der Waals surface area contributed by atoms with Gasteiger partial charge in [-0.25, -0.2) is 9.78 Å². The highest BCUT2D eigenvalue weighted by molar-refractivity contribution is 5.88. The third-order valence-electron chi connectivity index (χ3n) is 6.29. The minimum Gasteiger partial charge on any atom is -0.392 e. The normalized spacial score (nSPS) is 18.9. The smallest absolute Gasteiger partial charge is 0.392 e. The van der Waals surface area contributed by atoms with Crippen LogP contribution in [0.4, 0.5) is 5.95 Å². The van der Waals surface area contributed by atoms with Crippen molar-refractivity contribution in [1.29, 1.82) is 0 Å². The summed E-state index contributed by atoms with van der Waals surface area (Å²) in [5.74, 6) is 0.214. The van der Waals surface area contributed by atoms with Gasteiger partial charge in [-0.05, 0) is 45.0 Å². The number of aryl methyl sites for hydroxylation is 2. The van der Waals surface area contributed by atoms with E-state index in [-0.39, 0.29) is 17.7 Å². The van der Waals surface area contributed by atoms with Gasteiger partial charge in [-0.2, -0.15) is 4.68 Å². The molecule has 170 valence electrons. The molecule has 4 heterocycles. The lowest BCUT2D eigenvalue weighted by atomic mass is 9.99. The van der Waals surface area contributed by atoms with Crippen LogP contribution >= 0.6 is 0 Å². The lowest BCUT2D eigenvalue weighted by Crippen LogP contribution is -2.34. The second-order valence-electron chi connectivity index (χ2n) is 8.87. The van der Waals surface area contributed by atoms with Crippen LogP contribution in [0.25, 0.3) is 28.0 Å². The number of nitrogen functional groups attached to an aromatic ring is 1. The van der Waals surface area contributed by atoms with Gasteiger partial charge < -0.3 is 5.11 Å². The standard InChI is InChI=1S/C24H27N7O2/c1-14-9-17(10-15(2)26-14)20-21(16-7-5-4-6-8-16)27-23(25)31-22(20)28-30(24(31)33)12-18-11-19(32)13-29(18)3/h4-10,18-19,32H,11-13H2,1-3H3,(H2,25,27)/p+1/t18-,19-/m1/s1. The SMILES string of the molecule is Cc1cc(-c2c(-c3ccccc3)[nH+]c(N)n3c(=O)n(C[C@H]4C[C@@H](O)CN4C)nc23)cc(C)n1. The van der Waals surface area contributed by atoms with E-state index in [9.17, 15) is 9.90 Å². The predicted octanol–water partition coefficient (Wildman–Crippen LogP) is 1.30. The van der Waals surface area contributed by atoms with Gasteiger partial charge in [0.25, 0.3) is 0 Å². The molecule has 4 N–H and O–H groups in total. The fourth-order valence-corrected chi connectivity index (χ4v) is 4.80. The molecule has 1 aromatic carbocycles. The van der Waals surface area contributed by atoms with Gasteiger partial charge in [0.2, 0.25) is 5.65 Å². The molecule has 1 fully saturated rings. The Kier molecular flexibility index (Phi) is 5.22. The van der Waals surface area contributed by atoms with Crippen molar-refractivity contribution in [2.45, 2.75) is 39.0 Å². The van der Waals surface area contributed by atoms with Gasteiger partial charge in [0.15, 0.2) is 0 Å². The molecule has 3 aromatic heterocycles. The summed E-state index contributed by atoms with van der Waals surface area (Å²) in [7, 11) is 1.95. The molecule has 0 radical (unpaired) electrons. The molecule has 1 aliphatic heterocycles. The number of anilines is 1. The minimum absolute atomic E-state index is 0.0234. The highest BCUT2D eigenvalue weighted by Crippen LogP contribution is 2.33. The number of nitrogens with zero attached hydrogens (tertiary/aromatic N) is 5. The molecule has 2 atom stereocenters. The lowest BCUT2D eigenvalue weighted by molar-refractivity contribution is -0.351. The molecule has 0 spiro atoms. The van der Waals surface area contributed by atoms with Crippen molar-refractivity contribution in [1.82, 2.24) is 24.1 Å². The van der Waals surface area contributed by atoms with E-state index in [1.165, 1.54) is 9.08 Å². The minimum atomic E-state index is -0.394. The second kappa shape index (κ2) is 8.09. The third kappa shape index (κ3) is 3.79. The van der Waals surface area contributed by atoms with E-state index in [1.54, 1.807) is 0 Å². The van der Waals surface area contributed by atoms with E-state index in [1.807, 2.05) is 63.4 Å². The van der Waals surface area contributed by atoms with Crippen LogP contribution < -0.4 is 16.4 Å². The number of nitrogens with two attached hydrogens (primary N) is 1. The first-order valence-corrected chi connectivity index (χ1v) is 11.1. The van der Waals surface area contributed by atoms with Crippen molar-refractivity contribution in [3.8, 4) is 22.4 Å². The van der Waals surface area contributed by atoms with E-state index < -0.39 is 6.10 Å². The Morgan fingerprint density at radius 2 is 1.85 bits per heavy atom. The van der Waals surface area contributed by atoms with Crippen molar-refractivity contribution < 1.29 is 10.1 Å². The number of aliphatic hydroxyl groups excluding tert-OH is 1. The Labute approximate surface area is 191 Å².